The van der Waals surface area contributed by atoms with Gasteiger partial charge in [-0.3, -0.25) is 0 Å². The standard InChI is InChI=1S/C9H7FN4OS/c10-5-2-1-3-6(13-9(11)16)7(5)8-12-4-15-14-8/h1-4H,(H3,11,13,16). The summed E-state index contributed by atoms with van der Waals surface area (Å²) in [6.45, 7) is 0. The van der Waals surface area contributed by atoms with E-state index in [1.165, 1.54) is 12.1 Å². The van der Waals surface area contributed by atoms with E-state index in [-0.39, 0.29) is 16.5 Å². The number of rotatable bonds is 2. The fourth-order valence-corrected chi connectivity index (χ4v) is 1.38. The molecule has 0 fully saturated rings. The summed E-state index contributed by atoms with van der Waals surface area (Å²) in [6.07, 6.45) is 1.12. The van der Waals surface area contributed by atoms with Crippen LogP contribution in [0.15, 0.2) is 29.1 Å². The molecule has 0 saturated carbocycles. The second-order valence-corrected chi connectivity index (χ2v) is 3.35. The second-order valence-electron chi connectivity index (χ2n) is 2.91. The van der Waals surface area contributed by atoms with Gasteiger partial charge in [0.25, 0.3) is 0 Å². The zero-order valence-electron chi connectivity index (χ0n) is 7.98. The average Bonchev–Trinajstić information content (AvgIpc) is 2.69. The summed E-state index contributed by atoms with van der Waals surface area (Å²) in [5.74, 6) is -0.348. The topological polar surface area (TPSA) is 77.0 Å². The number of hydrogen-bond acceptors (Lipinski definition) is 4. The van der Waals surface area contributed by atoms with E-state index in [9.17, 15) is 4.39 Å². The molecule has 0 unspecified atom stereocenters. The molecule has 16 heavy (non-hydrogen) atoms. The summed E-state index contributed by atoms with van der Waals surface area (Å²) in [5.41, 5.74) is 5.90. The molecule has 0 radical (unpaired) electrons. The minimum atomic E-state index is -0.484. The van der Waals surface area contributed by atoms with Crippen molar-refractivity contribution in [3.63, 3.8) is 0 Å². The number of nitrogens with two attached hydrogens (primary N) is 1. The maximum Gasteiger partial charge on any atom is 0.214 e. The van der Waals surface area contributed by atoms with Crippen LogP contribution in [-0.2, 0) is 0 Å². The van der Waals surface area contributed by atoms with Crippen molar-refractivity contribution in [3.8, 4) is 11.4 Å². The highest BCUT2D eigenvalue weighted by Gasteiger charge is 2.14. The van der Waals surface area contributed by atoms with Gasteiger partial charge >= 0.3 is 0 Å². The van der Waals surface area contributed by atoms with Gasteiger partial charge in [-0.25, -0.2) is 4.39 Å². The third-order valence-corrected chi connectivity index (χ3v) is 1.96. The lowest BCUT2D eigenvalue weighted by atomic mass is 10.1. The molecule has 0 aliphatic rings. The molecule has 2 rings (SSSR count). The van der Waals surface area contributed by atoms with Crippen LogP contribution >= 0.6 is 12.2 Å². The van der Waals surface area contributed by atoms with Crippen molar-refractivity contribution in [2.75, 3.05) is 5.32 Å². The summed E-state index contributed by atoms with van der Waals surface area (Å²) in [5, 5.41) is 6.25. The maximum atomic E-state index is 13.6. The van der Waals surface area contributed by atoms with E-state index in [0.29, 0.717) is 5.69 Å². The van der Waals surface area contributed by atoms with E-state index in [4.69, 9.17) is 5.73 Å². The summed E-state index contributed by atoms with van der Waals surface area (Å²) in [6, 6.07) is 4.43. The number of thiocarbonyl (C=S) groups is 1. The lowest BCUT2D eigenvalue weighted by Crippen LogP contribution is -2.19. The molecule has 0 amide bonds. The molecule has 0 aliphatic carbocycles. The third-order valence-electron chi connectivity index (χ3n) is 1.86. The maximum absolute atomic E-state index is 13.6. The predicted molar refractivity (Wildman–Crippen MR) is 60.1 cm³/mol. The molecule has 7 heteroatoms. The van der Waals surface area contributed by atoms with Gasteiger partial charge in [-0.15, -0.1) is 0 Å². The third kappa shape index (κ3) is 1.98. The lowest BCUT2D eigenvalue weighted by Gasteiger charge is -2.08. The highest BCUT2D eigenvalue weighted by molar-refractivity contribution is 7.80. The van der Waals surface area contributed by atoms with E-state index in [0.717, 1.165) is 6.39 Å². The Balaban J connectivity index is 2.53. The molecule has 82 valence electrons. The van der Waals surface area contributed by atoms with Crippen LogP contribution in [0.2, 0.25) is 0 Å². The molecular formula is C9H7FN4OS. The predicted octanol–water partition coefficient (Wildman–Crippen LogP) is 1.53. The molecule has 1 aromatic carbocycles. The lowest BCUT2D eigenvalue weighted by molar-refractivity contribution is 0.418. The van der Waals surface area contributed by atoms with Gasteiger partial charge in [0, 0.05) is 0 Å². The van der Waals surface area contributed by atoms with Crippen LogP contribution in [0, 0.1) is 5.82 Å². The molecule has 0 atom stereocenters. The minimum Gasteiger partial charge on any atom is -0.376 e. The van der Waals surface area contributed by atoms with Gasteiger partial charge in [0.2, 0.25) is 12.2 Å². The van der Waals surface area contributed by atoms with Crippen LogP contribution in [-0.4, -0.2) is 15.3 Å². The first kappa shape index (κ1) is 10.5. The Hall–Kier alpha value is -2.02. The monoisotopic (exact) mass is 238 g/mol. The normalized spacial score (nSPS) is 10.1. The Kier molecular flexibility index (Phi) is 2.78. The molecule has 0 aliphatic heterocycles. The first-order valence-electron chi connectivity index (χ1n) is 4.30. The van der Waals surface area contributed by atoms with Gasteiger partial charge < -0.3 is 15.6 Å². The number of nitrogens with one attached hydrogen (secondary N) is 1. The van der Waals surface area contributed by atoms with Crippen LogP contribution < -0.4 is 11.1 Å². The SMILES string of the molecule is NC(=S)Nc1cccc(F)c1-c1ncon1. The fraction of sp³-hybridized carbons (Fsp3) is 0. The molecule has 3 N–H and O–H groups in total. The first-order chi connectivity index (χ1) is 7.68. The summed E-state index contributed by atoms with van der Waals surface area (Å²) in [7, 11) is 0. The molecular weight excluding hydrogens is 231 g/mol. The molecule has 0 spiro atoms. The molecule has 0 bridgehead atoms. The van der Waals surface area contributed by atoms with Crippen molar-refractivity contribution in [2.24, 2.45) is 5.73 Å². The van der Waals surface area contributed by atoms with Crippen molar-refractivity contribution in [2.45, 2.75) is 0 Å². The Bertz CT molecular complexity index is 514. The molecule has 1 aromatic heterocycles. The number of aromatic nitrogens is 2. The van der Waals surface area contributed by atoms with Gasteiger partial charge in [-0.05, 0) is 24.4 Å². The van der Waals surface area contributed by atoms with Crippen LogP contribution in [0.25, 0.3) is 11.4 Å². The van der Waals surface area contributed by atoms with E-state index < -0.39 is 5.82 Å². The second kappa shape index (κ2) is 4.23. The first-order valence-corrected chi connectivity index (χ1v) is 4.71. The quantitative estimate of drug-likeness (QED) is 0.773. The largest absolute Gasteiger partial charge is 0.376 e. The van der Waals surface area contributed by atoms with E-state index in [2.05, 4.69) is 32.2 Å². The van der Waals surface area contributed by atoms with Gasteiger partial charge in [-0.1, -0.05) is 11.2 Å². The van der Waals surface area contributed by atoms with Crippen molar-refractivity contribution < 1.29 is 8.91 Å². The minimum absolute atomic E-state index is 0.0374. The van der Waals surface area contributed by atoms with Gasteiger partial charge in [-0.2, -0.15) is 4.98 Å². The summed E-state index contributed by atoms with van der Waals surface area (Å²) in [4.78, 5) is 3.77. The van der Waals surface area contributed by atoms with Crippen molar-refractivity contribution in [1.29, 1.82) is 0 Å². The number of halogens is 1. The average molecular weight is 238 g/mol. The number of nitrogens with zero attached hydrogens (tertiary/aromatic N) is 2. The Morgan fingerprint density at radius 3 is 2.94 bits per heavy atom. The van der Waals surface area contributed by atoms with Gasteiger partial charge in [0.05, 0.1) is 11.3 Å². The summed E-state index contributed by atoms with van der Waals surface area (Å²) >= 11 is 4.69. The smallest absolute Gasteiger partial charge is 0.214 e. The Labute approximate surface area is 95.5 Å². The molecule has 5 nitrogen and oxygen atoms in total. The highest BCUT2D eigenvalue weighted by atomic mass is 32.1. The van der Waals surface area contributed by atoms with E-state index in [1.54, 1.807) is 6.07 Å². The number of anilines is 1. The Morgan fingerprint density at radius 2 is 2.31 bits per heavy atom. The van der Waals surface area contributed by atoms with E-state index in [1.807, 2.05) is 0 Å². The number of benzene rings is 1. The van der Waals surface area contributed by atoms with Crippen LogP contribution in [0.4, 0.5) is 10.1 Å². The Morgan fingerprint density at radius 1 is 1.50 bits per heavy atom. The molecule has 1 heterocycles. The van der Waals surface area contributed by atoms with Crippen molar-refractivity contribution >= 4 is 23.0 Å². The van der Waals surface area contributed by atoms with E-state index >= 15 is 0 Å². The van der Waals surface area contributed by atoms with Crippen molar-refractivity contribution in [1.82, 2.24) is 10.1 Å². The van der Waals surface area contributed by atoms with Gasteiger partial charge in [0.1, 0.15) is 5.82 Å². The zero-order valence-corrected chi connectivity index (χ0v) is 8.79. The van der Waals surface area contributed by atoms with Crippen LogP contribution in [0.3, 0.4) is 0 Å². The molecule has 0 saturated heterocycles. The van der Waals surface area contributed by atoms with Crippen molar-refractivity contribution in [3.05, 3.63) is 30.4 Å². The number of hydrogen-bond donors (Lipinski definition) is 2. The molecule has 2 aromatic rings. The van der Waals surface area contributed by atoms with Crippen LogP contribution in [0.5, 0.6) is 0 Å². The highest BCUT2D eigenvalue weighted by Crippen LogP contribution is 2.27. The van der Waals surface area contributed by atoms with Crippen LogP contribution in [0.1, 0.15) is 0 Å². The fourth-order valence-electron chi connectivity index (χ4n) is 1.27. The summed E-state index contributed by atoms with van der Waals surface area (Å²) < 4.78 is 18.2. The van der Waals surface area contributed by atoms with Gasteiger partial charge in [0.15, 0.2) is 5.11 Å². The zero-order chi connectivity index (χ0) is 11.5.